The van der Waals surface area contributed by atoms with Crippen molar-refractivity contribution < 1.29 is 14.7 Å². The third-order valence-corrected chi connectivity index (χ3v) is 4.29. The lowest BCUT2D eigenvalue weighted by Crippen LogP contribution is -2.44. The lowest BCUT2D eigenvalue weighted by molar-refractivity contribution is 0.0697. The molecule has 1 aromatic rings. The highest BCUT2D eigenvalue weighted by Gasteiger charge is 2.27. The van der Waals surface area contributed by atoms with Crippen molar-refractivity contribution in [1.29, 1.82) is 0 Å². The van der Waals surface area contributed by atoms with Crippen LogP contribution in [0.3, 0.4) is 0 Å². The summed E-state index contributed by atoms with van der Waals surface area (Å²) in [6, 6.07) is -0.147. The van der Waals surface area contributed by atoms with Gasteiger partial charge in [-0.3, -0.25) is 4.90 Å². The molecule has 2 rings (SSSR count). The van der Waals surface area contributed by atoms with Crippen LogP contribution in [0.2, 0.25) is 0 Å². The van der Waals surface area contributed by atoms with Gasteiger partial charge in [0.2, 0.25) is 0 Å². The normalized spacial score (nSPS) is 15.4. The molecular weight excluding hydrogens is 266 g/mol. The van der Waals surface area contributed by atoms with Gasteiger partial charge >= 0.3 is 12.0 Å². The average molecular weight is 283 g/mol. The fraction of sp³-hybridized carbons (Fsp3) is 0.583. The second-order valence-electron chi connectivity index (χ2n) is 4.64. The molecule has 1 aromatic heterocycles. The molecule has 1 aliphatic heterocycles. The summed E-state index contributed by atoms with van der Waals surface area (Å²) in [6.45, 7) is 3.12. The SMILES string of the molecule is Cc1nsc(N(C)C(=O)N2CCCCC2)c1C(=O)O. The molecule has 2 amide bonds. The zero-order valence-corrected chi connectivity index (χ0v) is 11.9. The monoisotopic (exact) mass is 283 g/mol. The summed E-state index contributed by atoms with van der Waals surface area (Å²) in [5.41, 5.74) is 0.573. The maximum absolute atomic E-state index is 12.3. The molecule has 19 heavy (non-hydrogen) atoms. The fourth-order valence-electron chi connectivity index (χ4n) is 2.22. The predicted molar refractivity (Wildman–Crippen MR) is 73.0 cm³/mol. The van der Waals surface area contributed by atoms with Gasteiger partial charge in [-0.05, 0) is 37.7 Å². The Hall–Kier alpha value is -1.63. The lowest BCUT2D eigenvalue weighted by atomic mass is 10.1. The summed E-state index contributed by atoms with van der Waals surface area (Å²) in [7, 11) is 1.61. The number of amides is 2. The highest BCUT2D eigenvalue weighted by molar-refractivity contribution is 7.11. The molecule has 0 bridgehead atoms. The number of urea groups is 1. The Kier molecular flexibility index (Phi) is 4.04. The van der Waals surface area contributed by atoms with Gasteiger partial charge < -0.3 is 10.0 Å². The number of anilines is 1. The Labute approximate surface area is 115 Å². The molecule has 104 valence electrons. The predicted octanol–water partition coefficient (Wildman–Crippen LogP) is 2.19. The number of aryl methyl sites for hydroxylation is 1. The van der Waals surface area contributed by atoms with E-state index in [2.05, 4.69) is 4.37 Å². The highest BCUT2D eigenvalue weighted by Crippen LogP contribution is 2.28. The van der Waals surface area contributed by atoms with E-state index >= 15 is 0 Å². The third kappa shape index (κ3) is 2.70. The van der Waals surface area contributed by atoms with Gasteiger partial charge in [0.1, 0.15) is 10.6 Å². The van der Waals surface area contributed by atoms with Crippen molar-refractivity contribution in [3.63, 3.8) is 0 Å². The number of likely N-dealkylation sites (tertiary alicyclic amines) is 1. The van der Waals surface area contributed by atoms with Crippen LogP contribution >= 0.6 is 11.5 Å². The first kappa shape index (κ1) is 13.8. The van der Waals surface area contributed by atoms with Crippen LogP contribution in [0.1, 0.15) is 35.3 Å². The zero-order chi connectivity index (χ0) is 14.0. The minimum Gasteiger partial charge on any atom is -0.478 e. The zero-order valence-electron chi connectivity index (χ0n) is 11.0. The summed E-state index contributed by atoms with van der Waals surface area (Å²) in [6.07, 6.45) is 3.16. The van der Waals surface area contributed by atoms with Crippen LogP contribution in [0, 0.1) is 6.92 Å². The number of carbonyl (C=O) groups excluding carboxylic acids is 1. The standard InChI is InChI=1S/C12H17N3O3S/c1-8-9(11(16)17)10(19-13-8)14(2)12(18)15-6-4-3-5-7-15/h3-7H2,1-2H3,(H,16,17). The number of piperidine rings is 1. The van der Waals surface area contributed by atoms with E-state index < -0.39 is 5.97 Å². The van der Waals surface area contributed by atoms with Crippen LogP contribution in [-0.4, -0.2) is 46.5 Å². The van der Waals surface area contributed by atoms with Gasteiger partial charge in [-0.2, -0.15) is 4.37 Å². The van der Waals surface area contributed by atoms with Crippen LogP contribution in [-0.2, 0) is 0 Å². The minimum absolute atomic E-state index is 0.123. The molecule has 2 heterocycles. The number of aromatic nitrogens is 1. The van der Waals surface area contributed by atoms with Crippen LogP contribution in [0.5, 0.6) is 0 Å². The van der Waals surface area contributed by atoms with E-state index in [1.807, 2.05) is 0 Å². The summed E-state index contributed by atoms with van der Waals surface area (Å²) in [4.78, 5) is 26.7. The lowest BCUT2D eigenvalue weighted by Gasteiger charge is -2.30. The highest BCUT2D eigenvalue weighted by atomic mass is 32.1. The van der Waals surface area contributed by atoms with E-state index in [-0.39, 0.29) is 11.6 Å². The molecule has 0 atom stereocenters. The number of carboxylic acid groups (broad SMARTS) is 1. The molecule has 0 radical (unpaired) electrons. The second-order valence-corrected chi connectivity index (χ2v) is 5.39. The third-order valence-electron chi connectivity index (χ3n) is 3.28. The summed E-state index contributed by atoms with van der Waals surface area (Å²) in [5, 5.41) is 9.59. The summed E-state index contributed by atoms with van der Waals surface area (Å²) in [5.74, 6) is -1.04. The molecule has 0 aromatic carbocycles. The average Bonchev–Trinajstić information content (AvgIpc) is 2.80. The number of hydrogen-bond acceptors (Lipinski definition) is 4. The van der Waals surface area contributed by atoms with Crippen molar-refractivity contribution in [2.75, 3.05) is 25.0 Å². The molecule has 0 aliphatic carbocycles. The van der Waals surface area contributed by atoms with E-state index in [4.69, 9.17) is 0 Å². The van der Waals surface area contributed by atoms with Crippen LogP contribution in [0.4, 0.5) is 9.80 Å². The first-order chi connectivity index (χ1) is 9.02. The molecule has 6 nitrogen and oxygen atoms in total. The largest absolute Gasteiger partial charge is 0.478 e. The molecule has 1 N–H and O–H groups in total. The van der Waals surface area contributed by atoms with E-state index in [0.29, 0.717) is 10.7 Å². The Morgan fingerprint density at radius 3 is 2.53 bits per heavy atom. The maximum atomic E-state index is 12.3. The Morgan fingerprint density at radius 2 is 1.95 bits per heavy atom. The van der Waals surface area contributed by atoms with Crippen LogP contribution < -0.4 is 4.90 Å². The fourth-order valence-corrected chi connectivity index (χ4v) is 3.06. The number of aromatic carboxylic acids is 1. The van der Waals surface area contributed by atoms with E-state index in [1.54, 1.807) is 18.9 Å². The molecular formula is C12H17N3O3S. The van der Waals surface area contributed by atoms with Gasteiger partial charge in [0.05, 0.1) is 5.69 Å². The minimum atomic E-state index is -1.04. The van der Waals surface area contributed by atoms with Crippen molar-refractivity contribution in [2.24, 2.45) is 0 Å². The molecule has 0 unspecified atom stereocenters. The Bertz CT molecular complexity index is 494. The van der Waals surface area contributed by atoms with E-state index in [1.165, 1.54) is 4.90 Å². The smallest absolute Gasteiger partial charge is 0.340 e. The quantitative estimate of drug-likeness (QED) is 0.903. The van der Waals surface area contributed by atoms with Crippen molar-refractivity contribution in [3.8, 4) is 0 Å². The van der Waals surface area contributed by atoms with E-state index in [0.717, 1.165) is 43.9 Å². The van der Waals surface area contributed by atoms with Crippen LogP contribution in [0.15, 0.2) is 0 Å². The summed E-state index contributed by atoms with van der Waals surface area (Å²) < 4.78 is 4.03. The molecule has 1 saturated heterocycles. The molecule has 0 saturated carbocycles. The summed E-state index contributed by atoms with van der Waals surface area (Å²) >= 11 is 1.05. The van der Waals surface area contributed by atoms with Gasteiger partial charge in [0.25, 0.3) is 0 Å². The van der Waals surface area contributed by atoms with Gasteiger partial charge in [0.15, 0.2) is 0 Å². The first-order valence-electron chi connectivity index (χ1n) is 6.24. The number of rotatable bonds is 2. The van der Waals surface area contributed by atoms with Gasteiger partial charge in [-0.25, -0.2) is 9.59 Å². The Morgan fingerprint density at radius 1 is 1.32 bits per heavy atom. The van der Waals surface area contributed by atoms with Gasteiger partial charge in [-0.1, -0.05) is 0 Å². The number of carbonyl (C=O) groups is 2. The number of hydrogen-bond donors (Lipinski definition) is 1. The van der Waals surface area contributed by atoms with Crippen molar-refractivity contribution >= 4 is 28.5 Å². The van der Waals surface area contributed by atoms with Crippen molar-refractivity contribution in [1.82, 2.24) is 9.27 Å². The number of nitrogens with zero attached hydrogens (tertiary/aromatic N) is 3. The Balaban J connectivity index is 2.21. The maximum Gasteiger partial charge on any atom is 0.340 e. The molecule has 7 heteroatoms. The van der Waals surface area contributed by atoms with Crippen LogP contribution in [0.25, 0.3) is 0 Å². The first-order valence-corrected chi connectivity index (χ1v) is 7.02. The van der Waals surface area contributed by atoms with Crippen molar-refractivity contribution in [3.05, 3.63) is 11.3 Å². The van der Waals surface area contributed by atoms with Gasteiger partial charge in [0, 0.05) is 20.1 Å². The van der Waals surface area contributed by atoms with Crippen molar-refractivity contribution in [2.45, 2.75) is 26.2 Å². The molecule has 1 fully saturated rings. The topological polar surface area (TPSA) is 73.7 Å². The molecule has 0 spiro atoms. The van der Waals surface area contributed by atoms with Gasteiger partial charge in [-0.15, -0.1) is 0 Å². The molecule has 1 aliphatic rings. The number of carboxylic acids is 1. The van der Waals surface area contributed by atoms with E-state index in [9.17, 15) is 14.7 Å². The second kappa shape index (κ2) is 5.56.